The van der Waals surface area contributed by atoms with Crippen LogP contribution in [0.2, 0.25) is 0 Å². The number of nitrogens with zero attached hydrogens (tertiary/aromatic N) is 2. The lowest BCUT2D eigenvalue weighted by atomic mass is 9.49. The van der Waals surface area contributed by atoms with E-state index in [9.17, 15) is 22.7 Å². The van der Waals surface area contributed by atoms with Crippen LogP contribution in [0.5, 0.6) is 0 Å². The van der Waals surface area contributed by atoms with Crippen LogP contribution < -0.4 is 0 Å². The maximum Gasteiger partial charge on any atom is 0.211 e. The minimum absolute atomic E-state index is 0.0774. The fourth-order valence-electron chi connectivity index (χ4n) is 9.16. The van der Waals surface area contributed by atoms with Crippen LogP contribution in [0.15, 0.2) is 0 Å². The highest BCUT2D eigenvalue weighted by Gasteiger charge is 2.59. The molecule has 0 unspecified atom stereocenters. The number of piperazine rings is 1. The molecule has 0 amide bonds. The van der Waals surface area contributed by atoms with E-state index < -0.39 is 22.3 Å². The molecule has 0 bridgehead atoms. The predicted octanol–water partition coefficient (Wildman–Crippen LogP) is 3.10. The molecule has 0 aromatic heterocycles. The molecule has 0 aromatic carbocycles. The zero-order valence-electron chi connectivity index (χ0n) is 20.9. The third-order valence-corrected chi connectivity index (χ3v) is 12.2. The van der Waals surface area contributed by atoms with Gasteiger partial charge in [0, 0.05) is 32.1 Å². The first kappa shape index (κ1) is 25.1. The lowest BCUT2D eigenvalue weighted by molar-refractivity contribution is -0.134. The molecule has 1 N–H and O–H groups in total. The van der Waals surface area contributed by atoms with Crippen molar-refractivity contribution in [3.05, 3.63) is 0 Å². The normalized spacial score (nSPS) is 45.9. The lowest BCUT2D eigenvalue weighted by Gasteiger charge is -2.57. The summed E-state index contributed by atoms with van der Waals surface area (Å²) in [6.45, 7) is 4.42. The molecule has 1 heterocycles. The van der Waals surface area contributed by atoms with Gasteiger partial charge in [0.05, 0.1) is 18.4 Å². The molecule has 194 valence electrons. The van der Waals surface area contributed by atoms with Gasteiger partial charge in [0.15, 0.2) is 0 Å². The molecule has 5 rings (SSSR count). The highest BCUT2D eigenvalue weighted by atomic mass is 32.2. The second-order valence-electron chi connectivity index (χ2n) is 12.6. The van der Waals surface area contributed by atoms with Gasteiger partial charge in [0.25, 0.3) is 0 Å². The van der Waals surface area contributed by atoms with Gasteiger partial charge in [-0.3, -0.25) is 9.69 Å². The van der Waals surface area contributed by atoms with Crippen molar-refractivity contribution in [1.82, 2.24) is 9.21 Å². The number of rotatable bonds is 5. The van der Waals surface area contributed by atoms with E-state index in [0.29, 0.717) is 80.9 Å². The standard InChI is InChI=1S/C26H43FN2O4S/c1-25-9-7-20-19-8-10-26(31,17-27)15-18(19)3-4-21(20)22(25)5-6-23(25)24(30)16-28-11-13-29(14-12-28)34(2,32)33/h18-23,31H,3-17H2,1-2H3/t18-,19+,20-,21-,22+,23-,25+,26-/m1/s1. The second kappa shape index (κ2) is 9.07. The minimum atomic E-state index is -3.16. The van der Waals surface area contributed by atoms with Crippen molar-refractivity contribution >= 4 is 15.8 Å². The Kier molecular flexibility index (Phi) is 6.69. The van der Waals surface area contributed by atoms with Crippen molar-refractivity contribution in [3.8, 4) is 0 Å². The van der Waals surface area contributed by atoms with E-state index in [-0.39, 0.29) is 11.3 Å². The number of aliphatic hydroxyl groups is 1. The summed E-state index contributed by atoms with van der Waals surface area (Å²) in [4.78, 5) is 15.7. The monoisotopic (exact) mass is 498 g/mol. The smallest absolute Gasteiger partial charge is 0.211 e. The van der Waals surface area contributed by atoms with Gasteiger partial charge in [-0.15, -0.1) is 0 Å². The molecule has 6 nitrogen and oxygen atoms in total. The second-order valence-corrected chi connectivity index (χ2v) is 14.6. The average Bonchev–Trinajstić information content (AvgIpc) is 3.16. The number of hydrogen-bond acceptors (Lipinski definition) is 5. The average molecular weight is 499 g/mol. The van der Waals surface area contributed by atoms with Gasteiger partial charge in [-0.25, -0.2) is 12.8 Å². The van der Waals surface area contributed by atoms with E-state index in [1.807, 2.05) is 0 Å². The molecule has 1 aliphatic heterocycles. The van der Waals surface area contributed by atoms with Crippen molar-refractivity contribution in [2.45, 2.75) is 70.3 Å². The Balaban J connectivity index is 1.21. The first-order valence-corrected chi connectivity index (χ1v) is 15.4. The Bertz CT molecular complexity index is 891. The van der Waals surface area contributed by atoms with Crippen LogP contribution in [0.25, 0.3) is 0 Å². The number of carbonyl (C=O) groups is 1. The number of ketones is 1. The van der Waals surface area contributed by atoms with Gasteiger partial charge < -0.3 is 5.11 Å². The number of alkyl halides is 1. The molecule has 5 aliphatic rings. The summed E-state index contributed by atoms with van der Waals surface area (Å²) >= 11 is 0. The van der Waals surface area contributed by atoms with Crippen LogP contribution in [0, 0.1) is 40.9 Å². The quantitative estimate of drug-likeness (QED) is 0.630. The van der Waals surface area contributed by atoms with E-state index in [4.69, 9.17) is 0 Å². The Morgan fingerprint density at radius 2 is 1.68 bits per heavy atom. The van der Waals surface area contributed by atoms with Crippen molar-refractivity contribution in [2.75, 3.05) is 45.7 Å². The Labute approximate surface area is 204 Å². The number of carbonyl (C=O) groups excluding carboxylic acids is 1. The van der Waals surface area contributed by atoms with Crippen LogP contribution in [-0.2, 0) is 14.8 Å². The molecule has 4 aliphatic carbocycles. The van der Waals surface area contributed by atoms with Crippen LogP contribution in [-0.4, -0.2) is 79.8 Å². The summed E-state index contributed by atoms with van der Waals surface area (Å²) in [6.07, 6.45) is 10.1. The molecule has 1 saturated heterocycles. The lowest BCUT2D eigenvalue weighted by Crippen LogP contribution is -2.53. The number of halogens is 1. The molecule has 34 heavy (non-hydrogen) atoms. The van der Waals surface area contributed by atoms with E-state index in [1.165, 1.54) is 23.4 Å². The molecule has 4 saturated carbocycles. The van der Waals surface area contributed by atoms with Crippen LogP contribution >= 0.6 is 0 Å². The maximum atomic E-state index is 13.5. The molecule has 0 aromatic rings. The largest absolute Gasteiger partial charge is 0.387 e. The summed E-state index contributed by atoms with van der Waals surface area (Å²) in [6, 6.07) is 0. The molecular formula is C26H43FN2O4S. The van der Waals surface area contributed by atoms with Gasteiger partial charge in [-0.2, -0.15) is 4.31 Å². The van der Waals surface area contributed by atoms with Crippen LogP contribution in [0.4, 0.5) is 4.39 Å². The first-order valence-electron chi connectivity index (χ1n) is 13.5. The molecule has 8 heteroatoms. The van der Waals surface area contributed by atoms with E-state index in [2.05, 4.69) is 11.8 Å². The minimum Gasteiger partial charge on any atom is -0.387 e. The summed E-state index contributed by atoms with van der Waals surface area (Å²) < 4.78 is 38.5. The highest BCUT2D eigenvalue weighted by molar-refractivity contribution is 7.88. The zero-order valence-corrected chi connectivity index (χ0v) is 21.7. The third kappa shape index (κ3) is 4.39. The number of sulfonamides is 1. The number of Topliss-reactive ketones (excluding diaryl/α,β-unsaturated/α-hetero) is 1. The van der Waals surface area contributed by atoms with Gasteiger partial charge in [-0.05, 0) is 92.8 Å². The molecule has 8 atom stereocenters. The number of fused-ring (bicyclic) bond motifs is 5. The van der Waals surface area contributed by atoms with Crippen LogP contribution in [0.1, 0.15) is 64.7 Å². The molecule has 5 fully saturated rings. The van der Waals surface area contributed by atoms with Crippen molar-refractivity contribution in [3.63, 3.8) is 0 Å². The summed E-state index contributed by atoms with van der Waals surface area (Å²) in [5.41, 5.74) is -1.01. The van der Waals surface area contributed by atoms with Gasteiger partial charge in [0.2, 0.25) is 10.0 Å². The zero-order chi connectivity index (χ0) is 24.3. The van der Waals surface area contributed by atoms with Gasteiger partial charge >= 0.3 is 0 Å². The highest BCUT2D eigenvalue weighted by Crippen LogP contribution is 2.64. The van der Waals surface area contributed by atoms with Crippen LogP contribution in [0.3, 0.4) is 0 Å². The molecular weight excluding hydrogens is 455 g/mol. The van der Waals surface area contributed by atoms with Crippen molar-refractivity contribution in [2.24, 2.45) is 40.9 Å². The Morgan fingerprint density at radius 3 is 2.35 bits per heavy atom. The van der Waals surface area contributed by atoms with E-state index >= 15 is 0 Å². The van der Waals surface area contributed by atoms with Gasteiger partial charge in [0.1, 0.15) is 12.5 Å². The van der Waals surface area contributed by atoms with Crippen molar-refractivity contribution < 1.29 is 22.7 Å². The topological polar surface area (TPSA) is 77.9 Å². The Morgan fingerprint density at radius 1 is 0.971 bits per heavy atom. The van der Waals surface area contributed by atoms with Gasteiger partial charge in [-0.1, -0.05) is 6.92 Å². The number of hydrogen-bond donors (Lipinski definition) is 1. The SMILES string of the molecule is C[C@]12CC[C@H]3[C@@H](CC[C@@H]4C[C@@](O)(CF)CC[C@@H]43)[C@@H]1CC[C@@H]2C(=O)CN1CCN(S(C)(=O)=O)CC1. The first-order chi connectivity index (χ1) is 16.0. The summed E-state index contributed by atoms with van der Waals surface area (Å²) in [7, 11) is -3.16. The molecule has 0 spiro atoms. The summed E-state index contributed by atoms with van der Waals surface area (Å²) in [5.74, 6) is 3.51. The van der Waals surface area contributed by atoms with E-state index in [0.717, 1.165) is 32.1 Å². The van der Waals surface area contributed by atoms with E-state index in [1.54, 1.807) is 0 Å². The summed E-state index contributed by atoms with van der Waals surface area (Å²) in [5, 5.41) is 10.5. The third-order valence-electron chi connectivity index (χ3n) is 10.9. The maximum absolute atomic E-state index is 13.5. The predicted molar refractivity (Wildman–Crippen MR) is 129 cm³/mol. The van der Waals surface area contributed by atoms with Crippen molar-refractivity contribution in [1.29, 1.82) is 0 Å². The fraction of sp³-hybridized carbons (Fsp3) is 0.962. The Hall–Kier alpha value is -0.570. The molecule has 0 radical (unpaired) electrons. The fourth-order valence-corrected chi connectivity index (χ4v) is 9.99.